The summed E-state index contributed by atoms with van der Waals surface area (Å²) in [5.41, 5.74) is -0.670. The molecule has 0 bridgehead atoms. The summed E-state index contributed by atoms with van der Waals surface area (Å²) >= 11 is 0. The Labute approximate surface area is 73.2 Å². The van der Waals surface area contributed by atoms with Crippen molar-refractivity contribution >= 4 is 0 Å². The molecule has 5 heteroatoms. The van der Waals surface area contributed by atoms with Gasteiger partial charge in [0.15, 0.2) is 5.75 Å². The second-order valence-corrected chi connectivity index (χ2v) is 2.68. The van der Waals surface area contributed by atoms with Gasteiger partial charge in [0.05, 0.1) is 12.1 Å². The molecule has 0 aromatic carbocycles. The lowest BCUT2D eigenvalue weighted by Gasteiger charge is -2.08. The summed E-state index contributed by atoms with van der Waals surface area (Å²) in [5, 5.41) is 9.16. The van der Waals surface area contributed by atoms with Crippen LogP contribution in [0.5, 0.6) is 5.75 Å². The second-order valence-electron chi connectivity index (χ2n) is 2.68. The van der Waals surface area contributed by atoms with Crippen molar-refractivity contribution in [2.75, 3.05) is 0 Å². The number of aromatic hydroxyl groups is 1. The summed E-state index contributed by atoms with van der Waals surface area (Å²) < 4.78 is 25.3. The SMILES string of the molecule is Cn1ccc(=O)c(O)c1CC(F)F. The van der Waals surface area contributed by atoms with Crippen LogP contribution in [0.4, 0.5) is 8.78 Å². The summed E-state index contributed by atoms with van der Waals surface area (Å²) in [7, 11) is 1.50. The number of pyridine rings is 1. The summed E-state index contributed by atoms with van der Waals surface area (Å²) in [6.07, 6.45) is -1.84. The molecule has 1 rings (SSSR count). The van der Waals surface area contributed by atoms with Gasteiger partial charge >= 0.3 is 0 Å². The minimum atomic E-state index is -2.57. The van der Waals surface area contributed by atoms with Crippen molar-refractivity contribution in [3.05, 3.63) is 28.2 Å². The third-order valence-electron chi connectivity index (χ3n) is 1.73. The van der Waals surface area contributed by atoms with E-state index in [1.54, 1.807) is 0 Å². The van der Waals surface area contributed by atoms with Gasteiger partial charge in [0.2, 0.25) is 11.9 Å². The lowest BCUT2D eigenvalue weighted by Crippen LogP contribution is -2.12. The molecule has 0 fully saturated rings. The molecule has 1 heterocycles. The zero-order valence-electron chi connectivity index (χ0n) is 7.00. The van der Waals surface area contributed by atoms with Crippen LogP contribution < -0.4 is 5.43 Å². The molecule has 0 aliphatic carbocycles. The Bertz CT molecular complexity index is 360. The van der Waals surface area contributed by atoms with Crippen molar-refractivity contribution < 1.29 is 13.9 Å². The maximum Gasteiger partial charge on any atom is 0.244 e. The number of hydrogen-bond donors (Lipinski definition) is 1. The molecule has 0 atom stereocenters. The fourth-order valence-corrected chi connectivity index (χ4v) is 1.04. The number of hydrogen-bond acceptors (Lipinski definition) is 2. The second kappa shape index (κ2) is 3.55. The van der Waals surface area contributed by atoms with Crippen LogP contribution in [0.3, 0.4) is 0 Å². The predicted octanol–water partition coefficient (Wildman–Crippen LogP) is 0.898. The number of rotatable bonds is 2. The van der Waals surface area contributed by atoms with Crippen LogP contribution in [0.2, 0.25) is 0 Å². The van der Waals surface area contributed by atoms with E-state index in [0.29, 0.717) is 0 Å². The first kappa shape index (κ1) is 9.70. The van der Waals surface area contributed by atoms with Gasteiger partial charge in [0.1, 0.15) is 0 Å². The zero-order valence-corrected chi connectivity index (χ0v) is 7.00. The largest absolute Gasteiger partial charge is 0.503 e. The highest BCUT2D eigenvalue weighted by Gasteiger charge is 2.13. The smallest absolute Gasteiger partial charge is 0.244 e. The predicted molar refractivity (Wildman–Crippen MR) is 43.1 cm³/mol. The van der Waals surface area contributed by atoms with Crippen LogP contribution >= 0.6 is 0 Å². The lowest BCUT2D eigenvalue weighted by molar-refractivity contribution is 0.145. The van der Waals surface area contributed by atoms with E-state index < -0.39 is 24.0 Å². The molecule has 0 saturated heterocycles. The summed E-state index contributed by atoms with van der Waals surface area (Å²) in [6, 6.07) is 1.13. The maximum absolute atomic E-state index is 12.0. The highest BCUT2D eigenvalue weighted by atomic mass is 19.3. The van der Waals surface area contributed by atoms with E-state index in [-0.39, 0.29) is 5.69 Å². The molecule has 3 nitrogen and oxygen atoms in total. The van der Waals surface area contributed by atoms with Crippen molar-refractivity contribution in [1.29, 1.82) is 0 Å². The van der Waals surface area contributed by atoms with Gasteiger partial charge in [-0.05, 0) is 0 Å². The van der Waals surface area contributed by atoms with Crippen LogP contribution in [0.1, 0.15) is 5.69 Å². The van der Waals surface area contributed by atoms with E-state index in [1.807, 2.05) is 0 Å². The Morgan fingerprint density at radius 1 is 1.62 bits per heavy atom. The first-order chi connectivity index (χ1) is 6.02. The van der Waals surface area contributed by atoms with Crippen LogP contribution in [0.15, 0.2) is 17.1 Å². The topological polar surface area (TPSA) is 42.2 Å². The molecule has 0 unspecified atom stereocenters. The van der Waals surface area contributed by atoms with Gasteiger partial charge in [-0.1, -0.05) is 0 Å². The third kappa shape index (κ3) is 2.05. The average molecular weight is 189 g/mol. The lowest BCUT2D eigenvalue weighted by atomic mass is 10.2. The van der Waals surface area contributed by atoms with E-state index in [2.05, 4.69) is 0 Å². The molecule has 0 radical (unpaired) electrons. The monoisotopic (exact) mass is 189 g/mol. The molecule has 72 valence electrons. The molecule has 0 aliphatic heterocycles. The van der Waals surface area contributed by atoms with Gasteiger partial charge in [0, 0.05) is 19.3 Å². The molecule has 0 aliphatic rings. The molecule has 0 amide bonds. The van der Waals surface area contributed by atoms with Gasteiger partial charge in [0.25, 0.3) is 0 Å². The van der Waals surface area contributed by atoms with E-state index in [0.717, 1.165) is 6.07 Å². The molecule has 0 saturated carbocycles. The molecular weight excluding hydrogens is 180 g/mol. The fraction of sp³-hybridized carbons (Fsp3) is 0.375. The quantitative estimate of drug-likeness (QED) is 0.751. The van der Waals surface area contributed by atoms with Gasteiger partial charge in [-0.15, -0.1) is 0 Å². The van der Waals surface area contributed by atoms with Crippen LogP contribution in [0, 0.1) is 0 Å². The summed E-state index contributed by atoms with van der Waals surface area (Å²) in [6.45, 7) is 0. The molecule has 1 N–H and O–H groups in total. The Kier molecular flexibility index (Phi) is 2.65. The molecule has 1 aromatic rings. The highest BCUT2D eigenvalue weighted by Crippen LogP contribution is 2.14. The van der Waals surface area contributed by atoms with Crippen molar-refractivity contribution in [2.45, 2.75) is 12.8 Å². The van der Waals surface area contributed by atoms with Crippen molar-refractivity contribution in [2.24, 2.45) is 7.05 Å². The van der Waals surface area contributed by atoms with Gasteiger partial charge < -0.3 is 9.67 Å². The van der Waals surface area contributed by atoms with Crippen LogP contribution in [0.25, 0.3) is 0 Å². The Balaban J connectivity index is 3.18. The molecule has 1 aromatic heterocycles. The molecular formula is C8H9F2NO2. The summed E-state index contributed by atoms with van der Waals surface area (Å²) in [5.74, 6) is -0.592. The van der Waals surface area contributed by atoms with E-state index in [1.165, 1.54) is 17.8 Å². The average Bonchev–Trinajstić information content (AvgIpc) is 2.05. The van der Waals surface area contributed by atoms with Crippen molar-refractivity contribution in [1.82, 2.24) is 4.57 Å². The van der Waals surface area contributed by atoms with Crippen molar-refractivity contribution in [3.8, 4) is 5.75 Å². The summed E-state index contributed by atoms with van der Waals surface area (Å²) in [4.78, 5) is 10.9. The zero-order chi connectivity index (χ0) is 10.0. The Hall–Kier alpha value is -1.39. The van der Waals surface area contributed by atoms with Crippen LogP contribution in [-0.4, -0.2) is 16.1 Å². The standard InChI is InChI=1S/C8H9F2NO2/c1-11-3-2-6(12)8(13)5(11)4-7(9)10/h2-3,7,13H,4H2,1H3. The minimum Gasteiger partial charge on any atom is -0.503 e. The van der Waals surface area contributed by atoms with E-state index in [9.17, 15) is 13.6 Å². The number of halogens is 2. The van der Waals surface area contributed by atoms with E-state index in [4.69, 9.17) is 5.11 Å². The molecule has 0 spiro atoms. The maximum atomic E-state index is 12.0. The van der Waals surface area contributed by atoms with Crippen LogP contribution in [-0.2, 0) is 13.5 Å². The normalized spacial score (nSPS) is 10.8. The first-order valence-electron chi connectivity index (χ1n) is 3.68. The van der Waals surface area contributed by atoms with Gasteiger partial charge in [-0.3, -0.25) is 4.79 Å². The minimum absolute atomic E-state index is 0.0394. The number of aromatic nitrogens is 1. The van der Waals surface area contributed by atoms with Gasteiger partial charge in [-0.2, -0.15) is 0 Å². The highest BCUT2D eigenvalue weighted by molar-refractivity contribution is 5.26. The van der Waals surface area contributed by atoms with Crippen molar-refractivity contribution in [3.63, 3.8) is 0 Å². The first-order valence-corrected chi connectivity index (χ1v) is 3.68. The number of nitrogens with zero attached hydrogens (tertiary/aromatic N) is 1. The fourth-order valence-electron chi connectivity index (χ4n) is 1.04. The number of aryl methyl sites for hydroxylation is 1. The Morgan fingerprint density at radius 3 is 2.77 bits per heavy atom. The van der Waals surface area contributed by atoms with Gasteiger partial charge in [-0.25, -0.2) is 8.78 Å². The number of alkyl halides is 2. The molecule has 13 heavy (non-hydrogen) atoms. The Morgan fingerprint density at radius 2 is 2.23 bits per heavy atom. The third-order valence-corrected chi connectivity index (χ3v) is 1.73. The van der Waals surface area contributed by atoms with E-state index >= 15 is 0 Å².